The van der Waals surface area contributed by atoms with E-state index in [0.717, 1.165) is 32.7 Å². The maximum absolute atomic E-state index is 11.8. The largest absolute Gasteiger partial charge is 0.341 e. The lowest BCUT2D eigenvalue weighted by Gasteiger charge is -2.35. The quantitative estimate of drug-likeness (QED) is 0.824. The van der Waals surface area contributed by atoms with E-state index < -0.39 is 0 Å². The molecule has 4 aliphatic heterocycles. The van der Waals surface area contributed by atoms with Gasteiger partial charge in [0.25, 0.3) is 0 Å². The first kappa shape index (κ1) is 17.5. The molecule has 1 aromatic rings. The van der Waals surface area contributed by atoms with Crippen molar-refractivity contribution in [3.63, 3.8) is 0 Å². The summed E-state index contributed by atoms with van der Waals surface area (Å²) in [6, 6.07) is 5.23. The summed E-state index contributed by atoms with van der Waals surface area (Å²) in [6.45, 7) is 9.51. The number of carbonyl (C=O) groups is 1. The zero-order valence-corrected chi connectivity index (χ0v) is 16.3. The van der Waals surface area contributed by atoms with E-state index in [1.54, 1.807) is 6.92 Å². The molecule has 2 atom stereocenters. The van der Waals surface area contributed by atoms with E-state index in [1.165, 1.54) is 54.9 Å². The third-order valence-corrected chi connectivity index (χ3v) is 7.23. The lowest BCUT2D eigenvalue weighted by atomic mass is 9.95. The van der Waals surface area contributed by atoms with Crippen molar-refractivity contribution in [2.45, 2.75) is 58.2 Å². The molecule has 1 amide bonds. The Balaban J connectivity index is 1.36. The van der Waals surface area contributed by atoms with E-state index >= 15 is 0 Å². The summed E-state index contributed by atoms with van der Waals surface area (Å²) in [4.78, 5) is 22.2. The van der Waals surface area contributed by atoms with Gasteiger partial charge in [0.2, 0.25) is 5.91 Å². The maximum Gasteiger partial charge on any atom is 0.219 e. The van der Waals surface area contributed by atoms with Crippen molar-refractivity contribution in [2.24, 2.45) is 5.92 Å². The first-order chi connectivity index (χ1) is 12.2. The van der Waals surface area contributed by atoms with Crippen LogP contribution in [0.4, 0.5) is 0 Å². The van der Waals surface area contributed by atoms with E-state index in [-0.39, 0.29) is 5.91 Å². The molecule has 0 spiro atoms. The number of likely N-dealkylation sites (tertiary alicyclic amines) is 1. The van der Waals surface area contributed by atoms with Crippen LogP contribution in [0, 0.1) is 5.92 Å². The van der Waals surface area contributed by atoms with Crippen molar-refractivity contribution in [3.8, 4) is 0 Å². The van der Waals surface area contributed by atoms with Gasteiger partial charge in [-0.3, -0.25) is 14.6 Å². The number of hydrogen-bond acceptors (Lipinski definition) is 4. The number of fused-ring (bicyclic) bond motifs is 4. The fourth-order valence-corrected chi connectivity index (χ4v) is 5.85. The number of hydrogen-bond donors (Lipinski definition) is 0. The Labute approximate surface area is 155 Å². The van der Waals surface area contributed by atoms with Crippen molar-refractivity contribution in [2.75, 3.05) is 32.7 Å². The van der Waals surface area contributed by atoms with Crippen LogP contribution in [0.25, 0.3) is 0 Å². The van der Waals surface area contributed by atoms with Gasteiger partial charge in [0, 0.05) is 55.4 Å². The number of carbonyl (C=O) groups excluding carboxylic acids is 1. The Morgan fingerprint density at radius 2 is 1.80 bits per heavy atom. The molecule has 5 rings (SSSR count). The lowest BCUT2D eigenvalue weighted by Crippen LogP contribution is -2.43. The van der Waals surface area contributed by atoms with E-state index in [0.29, 0.717) is 12.0 Å². The summed E-state index contributed by atoms with van der Waals surface area (Å²) in [6.07, 6.45) is 6.67. The molecule has 0 N–H and O–H groups in total. The third-order valence-electron chi connectivity index (χ3n) is 6.18. The van der Waals surface area contributed by atoms with E-state index in [1.807, 2.05) is 11.3 Å². The Kier molecular flexibility index (Phi) is 5.44. The molecule has 4 aliphatic rings. The highest BCUT2D eigenvalue weighted by Crippen LogP contribution is 2.31. The Morgan fingerprint density at radius 1 is 1.04 bits per heavy atom. The van der Waals surface area contributed by atoms with Crippen molar-refractivity contribution in [3.05, 3.63) is 21.9 Å². The molecule has 0 saturated carbocycles. The average Bonchev–Trinajstić information content (AvgIpc) is 2.84. The summed E-state index contributed by atoms with van der Waals surface area (Å²) in [5.74, 6) is 0.911. The van der Waals surface area contributed by atoms with Crippen LogP contribution in [-0.4, -0.2) is 59.4 Å². The molecule has 4 saturated heterocycles. The van der Waals surface area contributed by atoms with Crippen LogP contribution >= 0.6 is 11.3 Å². The summed E-state index contributed by atoms with van der Waals surface area (Å²) < 4.78 is 0. The highest BCUT2D eigenvalue weighted by molar-refractivity contribution is 7.11. The highest BCUT2D eigenvalue weighted by Gasteiger charge is 2.35. The number of amides is 1. The van der Waals surface area contributed by atoms with Gasteiger partial charge in [-0.2, -0.15) is 0 Å². The van der Waals surface area contributed by atoms with Gasteiger partial charge in [-0.1, -0.05) is 6.42 Å². The molecule has 0 aromatic carbocycles. The predicted octanol–water partition coefficient (Wildman–Crippen LogP) is 3.18. The van der Waals surface area contributed by atoms with Gasteiger partial charge in [-0.15, -0.1) is 11.3 Å². The third kappa shape index (κ3) is 4.26. The van der Waals surface area contributed by atoms with Crippen molar-refractivity contribution in [1.29, 1.82) is 0 Å². The lowest BCUT2D eigenvalue weighted by molar-refractivity contribution is -0.129. The molecule has 4 fully saturated rings. The number of piperidine rings is 2. The smallest absolute Gasteiger partial charge is 0.219 e. The van der Waals surface area contributed by atoms with Crippen LogP contribution in [0.15, 0.2) is 12.1 Å². The minimum absolute atomic E-state index is 0.249. The first-order valence-corrected chi connectivity index (χ1v) is 10.8. The van der Waals surface area contributed by atoms with Crippen LogP contribution in [0.1, 0.15) is 48.8 Å². The molecule has 2 bridgehead atoms. The van der Waals surface area contributed by atoms with Crippen molar-refractivity contribution < 1.29 is 4.79 Å². The maximum atomic E-state index is 11.8. The van der Waals surface area contributed by atoms with Crippen molar-refractivity contribution in [1.82, 2.24) is 14.7 Å². The Bertz CT molecular complexity index is 596. The fraction of sp³-hybridized carbons (Fsp3) is 0.750. The van der Waals surface area contributed by atoms with E-state index in [9.17, 15) is 4.79 Å². The average molecular weight is 362 g/mol. The summed E-state index contributed by atoms with van der Waals surface area (Å²) >= 11 is 2.00. The van der Waals surface area contributed by atoms with Gasteiger partial charge in [0.05, 0.1) is 0 Å². The predicted molar refractivity (Wildman–Crippen MR) is 103 cm³/mol. The molecule has 1 aromatic heterocycles. The van der Waals surface area contributed by atoms with Crippen LogP contribution in [0.3, 0.4) is 0 Å². The van der Waals surface area contributed by atoms with E-state index in [4.69, 9.17) is 0 Å². The second-order valence-electron chi connectivity index (χ2n) is 8.16. The van der Waals surface area contributed by atoms with E-state index in [2.05, 4.69) is 26.8 Å². The van der Waals surface area contributed by atoms with Crippen LogP contribution in [-0.2, 0) is 17.9 Å². The van der Waals surface area contributed by atoms with Gasteiger partial charge >= 0.3 is 0 Å². The molecule has 25 heavy (non-hydrogen) atoms. The summed E-state index contributed by atoms with van der Waals surface area (Å²) in [5, 5.41) is 0. The minimum Gasteiger partial charge on any atom is -0.341 e. The van der Waals surface area contributed by atoms with Gasteiger partial charge in [0.15, 0.2) is 0 Å². The molecular formula is C20H31N3OS. The van der Waals surface area contributed by atoms with Crippen molar-refractivity contribution >= 4 is 17.2 Å². The highest BCUT2D eigenvalue weighted by atomic mass is 32.1. The second kappa shape index (κ2) is 7.77. The van der Waals surface area contributed by atoms with Crippen LogP contribution in [0.2, 0.25) is 0 Å². The SMILES string of the molecule is CC(=O)N1C[C@H]2CC[C@@H](C1)N(Cc1ccc(CN3CCCCC3)s1)C2. The molecule has 5 heterocycles. The van der Waals surface area contributed by atoms with Gasteiger partial charge < -0.3 is 4.90 Å². The first-order valence-electron chi connectivity index (χ1n) is 9.97. The molecule has 5 heteroatoms. The Morgan fingerprint density at radius 3 is 2.56 bits per heavy atom. The van der Waals surface area contributed by atoms with Crippen LogP contribution < -0.4 is 0 Å². The normalized spacial score (nSPS) is 28.3. The zero-order valence-electron chi connectivity index (χ0n) is 15.5. The molecule has 0 aliphatic carbocycles. The van der Waals surface area contributed by atoms with Crippen LogP contribution in [0.5, 0.6) is 0 Å². The standard InChI is InChI=1S/C20H31N3OS/c1-16(24)22-11-17-5-6-18(13-22)23(12-17)15-20-8-7-19(25-20)14-21-9-3-2-4-10-21/h7-8,17-18H,2-6,9-15H2,1H3/t17-,18+/m1/s1. The number of rotatable bonds is 4. The monoisotopic (exact) mass is 361 g/mol. The molecule has 4 nitrogen and oxygen atoms in total. The fourth-order valence-electron chi connectivity index (χ4n) is 4.76. The zero-order chi connectivity index (χ0) is 17.2. The van der Waals surface area contributed by atoms with Gasteiger partial charge in [-0.05, 0) is 56.8 Å². The van der Waals surface area contributed by atoms with Gasteiger partial charge in [-0.25, -0.2) is 0 Å². The summed E-state index contributed by atoms with van der Waals surface area (Å²) in [5.41, 5.74) is 0. The molecule has 0 radical (unpaired) electrons. The molecule has 0 unspecified atom stereocenters. The summed E-state index contributed by atoms with van der Waals surface area (Å²) in [7, 11) is 0. The molecule has 138 valence electrons. The van der Waals surface area contributed by atoms with Gasteiger partial charge in [0.1, 0.15) is 0 Å². The Hall–Kier alpha value is -0.910. The second-order valence-corrected chi connectivity index (χ2v) is 9.41. The minimum atomic E-state index is 0.249. The molecular weight excluding hydrogens is 330 g/mol. The number of thiophene rings is 1. The topological polar surface area (TPSA) is 26.8 Å². The number of nitrogens with zero attached hydrogens (tertiary/aromatic N) is 3.